The minimum Gasteiger partial charge on any atom is -0.376 e. The van der Waals surface area contributed by atoms with Gasteiger partial charge in [-0.3, -0.25) is 24.3 Å². The van der Waals surface area contributed by atoms with E-state index >= 15 is 0 Å². The summed E-state index contributed by atoms with van der Waals surface area (Å²) in [5.41, 5.74) is -0.500. The highest BCUT2D eigenvalue weighted by molar-refractivity contribution is 7.99. The smallest absolute Gasteiger partial charge is 0.306 e. The highest BCUT2D eigenvalue weighted by Gasteiger charge is 2.21. The molecule has 0 saturated carbocycles. The summed E-state index contributed by atoms with van der Waals surface area (Å²) in [6.45, 7) is 0.934. The number of carbonyl (C=O) groups excluding carboxylic acids is 1. The Kier molecular flexibility index (Phi) is 6.91. The number of nitrogens with zero attached hydrogens (tertiary/aromatic N) is 3. The van der Waals surface area contributed by atoms with Crippen LogP contribution in [0.1, 0.15) is 12.8 Å². The van der Waals surface area contributed by atoms with Crippen molar-refractivity contribution in [2.45, 2.75) is 30.6 Å². The number of hydrogen-bond acceptors (Lipinski definition) is 7. The lowest BCUT2D eigenvalue weighted by Crippen LogP contribution is -2.29. The van der Waals surface area contributed by atoms with Crippen LogP contribution in [0, 0.1) is 15.9 Å². The molecule has 2 heterocycles. The summed E-state index contributed by atoms with van der Waals surface area (Å²) in [6, 6.07) is 7.90. The number of benzene rings is 2. The van der Waals surface area contributed by atoms with Gasteiger partial charge < -0.3 is 10.1 Å². The van der Waals surface area contributed by atoms with Gasteiger partial charge in [0.15, 0.2) is 5.16 Å². The summed E-state index contributed by atoms with van der Waals surface area (Å²) < 4.78 is 20.7. The summed E-state index contributed by atoms with van der Waals surface area (Å²) in [5.74, 6) is -1.62. The molecule has 0 aliphatic carbocycles. The Balaban J connectivity index is 1.56. The Morgan fingerprint density at radius 2 is 2.18 bits per heavy atom. The van der Waals surface area contributed by atoms with Crippen LogP contribution in [0.4, 0.5) is 15.8 Å². The van der Waals surface area contributed by atoms with Crippen molar-refractivity contribution in [1.29, 1.82) is 0 Å². The molecule has 2 aromatic carbocycles. The predicted octanol–water partition coefficient (Wildman–Crippen LogP) is 4.01. The molecule has 1 fully saturated rings. The van der Waals surface area contributed by atoms with Gasteiger partial charge in [0.25, 0.3) is 5.56 Å². The molecule has 9 nitrogen and oxygen atoms in total. The molecule has 1 aliphatic heterocycles. The molecule has 1 unspecified atom stereocenters. The first kappa shape index (κ1) is 23.1. The molecule has 1 N–H and O–H groups in total. The minimum absolute atomic E-state index is 0.0868. The number of nitro benzene ring substituents is 1. The number of amides is 1. The third-order valence-electron chi connectivity index (χ3n) is 5.05. The van der Waals surface area contributed by atoms with Gasteiger partial charge in [0.2, 0.25) is 11.7 Å². The number of anilines is 1. The van der Waals surface area contributed by atoms with Crippen molar-refractivity contribution in [2.75, 3.05) is 17.7 Å². The molecule has 1 aromatic heterocycles. The molecule has 0 radical (unpaired) electrons. The fraction of sp³-hybridized carbons (Fsp3) is 0.286. The summed E-state index contributed by atoms with van der Waals surface area (Å²) in [6.07, 6.45) is 1.60. The number of thioether (sulfide) groups is 1. The third-order valence-corrected chi connectivity index (χ3v) is 6.26. The largest absolute Gasteiger partial charge is 0.376 e. The minimum atomic E-state index is -0.996. The maximum atomic E-state index is 13.5. The van der Waals surface area contributed by atoms with Crippen molar-refractivity contribution in [3.63, 3.8) is 0 Å². The first-order valence-electron chi connectivity index (χ1n) is 10.00. The molecule has 0 spiro atoms. The van der Waals surface area contributed by atoms with Crippen LogP contribution in [-0.4, -0.2) is 38.8 Å². The van der Waals surface area contributed by atoms with Gasteiger partial charge in [-0.05, 0) is 43.2 Å². The zero-order valence-electron chi connectivity index (χ0n) is 17.1. The van der Waals surface area contributed by atoms with Gasteiger partial charge in [0.05, 0.1) is 34.2 Å². The lowest BCUT2D eigenvalue weighted by Gasteiger charge is -2.16. The van der Waals surface area contributed by atoms with Gasteiger partial charge in [-0.15, -0.1) is 0 Å². The second-order valence-corrected chi connectivity index (χ2v) is 8.75. The van der Waals surface area contributed by atoms with E-state index in [0.29, 0.717) is 34.2 Å². The van der Waals surface area contributed by atoms with Crippen LogP contribution in [0.2, 0.25) is 5.02 Å². The van der Waals surface area contributed by atoms with Gasteiger partial charge in [0.1, 0.15) is 0 Å². The van der Waals surface area contributed by atoms with E-state index in [-0.39, 0.29) is 23.1 Å². The second-order valence-electron chi connectivity index (χ2n) is 7.37. The summed E-state index contributed by atoms with van der Waals surface area (Å²) in [5, 5.41) is 14.6. The Morgan fingerprint density at radius 3 is 2.91 bits per heavy atom. The van der Waals surface area contributed by atoms with Crippen LogP contribution >= 0.6 is 23.4 Å². The Morgan fingerprint density at radius 1 is 1.36 bits per heavy atom. The molecular formula is C21H18ClFN4O5S. The average molecular weight is 493 g/mol. The molecule has 1 atom stereocenters. The molecule has 4 rings (SSSR count). The maximum absolute atomic E-state index is 13.5. The van der Waals surface area contributed by atoms with Crippen molar-refractivity contribution in [2.24, 2.45) is 0 Å². The SMILES string of the molecule is O=C(CSc1nc2cc(Cl)ccc2c(=O)n1CC1CCCO1)Nc1ccc(F)c([N+](=O)[O-])c1. The third kappa shape index (κ3) is 5.32. The highest BCUT2D eigenvalue weighted by atomic mass is 35.5. The van der Waals surface area contributed by atoms with E-state index in [1.54, 1.807) is 18.2 Å². The normalized spacial score (nSPS) is 15.6. The molecule has 12 heteroatoms. The first-order valence-corrected chi connectivity index (χ1v) is 11.4. The fourth-order valence-electron chi connectivity index (χ4n) is 3.49. The lowest BCUT2D eigenvalue weighted by molar-refractivity contribution is -0.387. The van der Waals surface area contributed by atoms with Crippen LogP contribution in [-0.2, 0) is 16.1 Å². The van der Waals surface area contributed by atoms with Crippen molar-refractivity contribution < 1.29 is 18.8 Å². The number of ether oxygens (including phenoxy) is 1. The molecule has 33 heavy (non-hydrogen) atoms. The van der Waals surface area contributed by atoms with Crippen LogP contribution in [0.15, 0.2) is 46.3 Å². The molecular weight excluding hydrogens is 475 g/mol. The zero-order valence-corrected chi connectivity index (χ0v) is 18.7. The van der Waals surface area contributed by atoms with Crippen molar-refractivity contribution in [1.82, 2.24) is 9.55 Å². The van der Waals surface area contributed by atoms with E-state index in [4.69, 9.17) is 16.3 Å². The summed E-state index contributed by atoms with van der Waals surface area (Å²) >= 11 is 7.09. The molecule has 1 saturated heterocycles. The van der Waals surface area contributed by atoms with Crippen LogP contribution < -0.4 is 10.9 Å². The van der Waals surface area contributed by atoms with Crippen molar-refractivity contribution >= 4 is 51.5 Å². The van der Waals surface area contributed by atoms with Gasteiger partial charge in [-0.25, -0.2) is 4.98 Å². The average Bonchev–Trinajstić information content (AvgIpc) is 3.29. The Labute approximate surface area is 196 Å². The summed E-state index contributed by atoms with van der Waals surface area (Å²) in [7, 11) is 0. The number of fused-ring (bicyclic) bond motifs is 1. The monoisotopic (exact) mass is 492 g/mol. The summed E-state index contributed by atoms with van der Waals surface area (Å²) in [4.78, 5) is 40.2. The van der Waals surface area contributed by atoms with E-state index in [9.17, 15) is 24.1 Å². The molecule has 1 amide bonds. The van der Waals surface area contributed by atoms with Crippen LogP contribution in [0.3, 0.4) is 0 Å². The Bertz CT molecular complexity index is 1300. The van der Waals surface area contributed by atoms with Crippen LogP contribution in [0.5, 0.6) is 0 Å². The number of aromatic nitrogens is 2. The Hall–Kier alpha value is -3.02. The lowest BCUT2D eigenvalue weighted by atomic mass is 10.2. The molecule has 0 bridgehead atoms. The van der Waals surface area contributed by atoms with E-state index in [1.807, 2.05) is 0 Å². The van der Waals surface area contributed by atoms with E-state index < -0.39 is 22.3 Å². The zero-order chi connectivity index (χ0) is 23.5. The van der Waals surface area contributed by atoms with Gasteiger partial charge >= 0.3 is 5.69 Å². The quantitative estimate of drug-likeness (QED) is 0.229. The van der Waals surface area contributed by atoms with Crippen LogP contribution in [0.25, 0.3) is 10.9 Å². The van der Waals surface area contributed by atoms with Gasteiger partial charge in [-0.1, -0.05) is 23.4 Å². The fourth-order valence-corrected chi connectivity index (χ4v) is 4.47. The maximum Gasteiger partial charge on any atom is 0.306 e. The molecule has 3 aromatic rings. The van der Waals surface area contributed by atoms with E-state index in [2.05, 4.69) is 10.3 Å². The van der Waals surface area contributed by atoms with Gasteiger partial charge in [-0.2, -0.15) is 4.39 Å². The number of halogens is 2. The molecule has 1 aliphatic rings. The first-order chi connectivity index (χ1) is 15.8. The van der Waals surface area contributed by atoms with Gasteiger partial charge in [0, 0.05) is 23.4 Å². The standard InChI is InChI=1S/C21H18ClFN4O5S/c22-12-3-5-15-17(8-12)25-21(26(20(15)29)10-14-2-1-7-32-14)33-11-19(28)24-13-4-6-16(23)18(9-13)27(30)31/h3-6,8-9,14H,1-2,7,10-11H2,(H,24,28). The number of hydrogen-bond donors (Lipinski definition) is 1. The number of nitrogens with one attached hydrogen (secondary N) is 1. The molecule has 172 valence electrons. The van der Waals surface area contributed by atoms with E-state index in [0.717, 1.165) is 36.7 Å². The number of rotatable bonds is 7. The topological polar surface area (TPSA) is 116 Å². The second kappa shape index (κ2) is 9.86. The van der Waals surface area contributed by atoms with Crippen molar-refractivity contribution in [3.05, 3.63) is 67.7 Å². The predicted molar refractivity (Wildman–Crippen MR) is 122 cm³/mol. The van der Waals surface area contributed by atoms with E-state index in [1.165, 1.54) is 10.6 Å². The number of nitro groups is 1. The highest BCUT2D eigenvalue weighted by Crippen LogP contribution is 2.24. The number of carbonyl (C=O) groups is 1. The van der Waals surface area contributed by atoms with Crippen molar-refractivity contribution in [3.8, 4) is 0 Å².